The summed E-state index contributed by atoms with van der Waals surface area (Å²) in [5.74, 6) is 0.900. The van der Waals surface area contributed by atoms with Gasteiger partial charge in [0.15, 0.2) is 0 Å². The van der Waals surface area contributed by atoms with Crippen molar-refractivity contribution in [3.63, 3.8) is 0 Å². The Morgan fingerprint density at radius 2 is 1.71 bits per heavy atom. The highest BCUT2D eigenvalue weighted by Gasteiger charge is 2.05. The predicted molar refractivity (Wildman–Crippen MR) is 57.8 cm³/mol. The smallest absolute Gasteiger partial charge is 0.125 e. The van der Waals surface area contributed by atoms with Gasteiger partial charge in [0.05, 0.1) is 6.10 Å². The van der Waals surface area contributed by atoms with Crippen molar-refractivity contribution in [2.24, 2.45) is 0 Å². The third kappa shape index (κ3) is 2.74. The number of rotatable bonds is 3. The maximum absolute atomic E-state index is 9.13. The van der Waals surface area contributed by atoms with Gasteiger partial charge in [-0.2, -0.15) is 0 Å². The molecule has 0 aliphatic carbocycles. The van der Waals surface area contributed by atoms with Gasteiger partial charge in [-0.1, -0.05) is 17.7 Å². The molecule has 78 valence electrons. The van der Waals surface area contributed by atoms with E-state index in [4.69, 9.17) is 9.84 Å². The Bertz CT molecular complexity index is 293. The van der Waals surface area contributed by atoms with Crippen molar-refractivity contribution < 1.29 is 9.84 Å². The number of ether oxygens (including phenoxy) is 1. The summed E-state index contributed by atoms with van der Waals surface area (Å²) < 4.78 is 5.53. The van der Waals surface area contributed by atoms with Crippen LogP contribution in [0.4, 0.5) is 0 Å². The van der Waals surface area contributed by atoms with Crippen molar-refractivity contribution in [1.82, 2.24) is 0 Å². The van der Waals surface area contributed by atoms with Crippen LogP contribution < -0.4 is 4.74 Å². The Morgan fingerprint density at radius 1 is 1.21 bits per heavy atom. The molecule has 2 nitrogen and oxygen atoms in total. The van der Waals surface area contributed by atoms with Crippen molar-refractivity contribution >= 4 is 0 Å². The number of aryl methyl sites for hydroxylation is 3. The molecule has 0 saturated carbocycles. The van der Waals surface area contributed by atoms with E-state index in [-0.39, 0.29) is 0 Å². The summed E-state index contributed by atoms with van der Waals surface area (Å²) in [7, 11) is 0. The predicted octanol–water partition coefficient (Wildman–Crippen LogP) is 2.37. The largest absolute Gasteiger partial charge is 0.490 e. The average molecular weight is 194 g/mol. The third-order valence-electron chi connectivity index (χ3n) is 2.07. The zero-order chi connectivity index (χ0) is 10.7. The van der Waals surface area contributed by atoms with E-state index in [1.165, 1.54) is 5.56 Å². The van der Waals surface area contributed by atoms with Crippen molar-refractivity contribution in [2.45, 2.75) is 33.8 Å². The van der Waals surface area contributed by atoms with Gasteiger partial charge in [0.2, 0.25) is 0 Å². The molecule has 0 fully saturated rings. The van der Waals surface area contributed by atoms with Gasteiger partial charge >= 0.3 is 0 Å². The molecule has 1 unspecified atom stereocenters. The molecule has 0 heterocycles. The van der Waals surface area contributed by atoms with Gasteiger partial charge in [0.25, 0.3) is 0 Å². The van der Waals surface area contributed by atoms with E-state index in [1.807, 2.05) is 13.8 Å². The number of aliphatic hydroxyl groups is 1. The van der Waals surface area contributed by atoms with E-state index in [9.17, 15) is 0 Å². The summed E-state index contributed by atoms with van der Waals surface area (Å²) in [4.78, 5) is 0. The average Bonchev–Trinajstić information content (AvgIpc) is 2.01. The SMILES string of the molecule is Cc1cc(C)c(OCC(C)O)c(C)c1. The van der Waals surface area contributed by atoms with Crippen LogP contribution >= 0.6 is 0 Å². The van der Waals surface area contributed by atoms with Crippen molar-refractivity contribution in [2.75, 3.05) is 6.61 Å². The van der Waals surface area contributed by atoms with Crippen LogP contribution in [-0.4, -0.2) is 17.8 Å². The molecule has 0 saturated heterocycles. The lowest BCUT2D eigenvalue weighted by Gasteiger charge is -2.14. The lowest BCUT2D eigenvalue weighted by atomic mass is 10.1. The summed E-state index contributed by atoms with van der Waals surface area (Å²) in [6.45, 7) is 8.19. The van der Waals surface area contributed by atoms with E-state index >= 15 is 0 Å². The molecule has 0 spiro atoms. The van der Waals surface area contributed by atoms with Crippen LogP contribution in [0.5, 0.6) is 5.75 Å². The first-order chi connectivity index (χ1) is 6.50. The summed E-state index contributed by atoms with van der Waals surface area (Å²) >= 11 is 0. The Morgan fingerprint density at radius 3 is 2.14 bits per heavy atom. The maximum Gasteiger partial charge on any atom is 0.125 e. The van der Waals surface area contributed by atoms with Crippen LogP contribution in [0.25, 0.3) is 0 Å². The van der Waals surface area contributed by atoms with E-state index < -0.39 is 6.10 Å². The molecule has 1 N–H and O–H groups in total. The molecule has 2 heteroatoms. The molecule has 1 rings (SSSR count). The molecule has 0 aromatic heterocycles. The highest BCUT2D eigenvalue weighted by molar-refractivity contribution is 5.42. The van der Waals surface area contributed by atoms with E-state index in [0.717, 1.165) is 16.9 Å². The summed E-state index contributed by atoms with van der Waals surface area (Å²) in [6.07, 6.45) is -0.421. The first kappa shape index (κ1) is 11.1. The quantitative estimate of drug-likeness (QED) is 0.800. The highest BCUT2D eigenvalue weighted by atomic mass is 16.5. The molecular formula is C12H18O2. The first-order valence-corrected chi connectivity index (χ1v) is 4.89. The lowest BCUT2D eigenvalue weighted by Crippen LogP contribution is -2.13. The topological polar surface area (TPSA) is 29.5 Å². The van der Waals surface area contributed by atoms with Gasteiger partial charge in [0, 0.05) is 0 Å². The van der Waals surface area contributed by atoms with E-state index in [2.05, 4.69) is 19.1 Å². The van der Waals surface area contributed by atoms with Gasteiger partial charge in [-0.05, 0) is 38.8 Å². The van der Waals surface area contributed by atoms with Crippen LogP contribution in [0.3, 0.4) is 0 Å². The highest BCUT2D eigenvalue weighted by Crippen LogP contribution is 2.24. The monoisotopic (exact) mass is 194 g/mol. The van der Waals surface area contributed by atoms with Crippen LogP contribution in [0.15, 0.2) is 12.1 Å². The standard InChI is InChI=1S/C12H18O2/c1-8-5-9(2)12(10(3)6-8)14-7-11(4)13/h5-6,11,13H,7H2,1-4H3. The van der Waals surface area contributed by atoms with Gasteiger partial charge in [-0.25, -0.2) is 0 Å². The molecule has 0 aliphatic rings. The van der Waals surface area contributed by atoms with Gasteiger partial charge in [-0.15, -0.1) is 0 Å². The fourth-order valence-corrected chi connectivity index (χ4v) is 1.60. The summed E-state index contributed by atoms with van der Waals surface area (Å²) in [5, 5.41) is 9.13. The molecule has 0 bridgehead atoms. The fourth-order valence-electron chi connectivity index (χ4n) is 1.60. The minimum absolute atomic E-state index is 0.352. The zero-order valence-electron chi connectivity index (χ0n) is 9.29. The molecule has 1 aromatic carbocycles. The Kier molecular flexibility index (Phi) is 3.53. The molecule has 1 atom stereocenters. The second-order valence-corrected chi connectivity index (χ2v) is 3.89. The van der Waals surface area contributed by atoms with Gasteiger partial charge in [-0.3, -0.25) is 0 Å². The number of benzene rings is 1. The minimum atomic E-state index is -0.421. The van der Waals surface area contributed by atoms with Crippen LogP contribution in [0.1, 0.15) is 23.6 Å². The number of hydrogen-bond donors (Lipinski definition) is 1. The second-order valence-electron chi connectivity index (χ2n) is 3.89. The Balaban J connectivity index is 2.86. The molecule has 1 aromatic rings. The first-order valence-electron chi connectivity index (χ1n) is 4.89. The number of hydrogen-bond acceptors (Lipinski definition) is 2. The lowest BCUT2D eigenvalue weighted by molar-refractivity contribution is 0.122. The van der Waals surface area contributed by atoms with E-state index in [1.54, 1.807) is 6.92 Å². The normalized spacial score (nSPS) is 12.6. The Hall–Kier alpha value is -1.02. The maximum atomic E-state index is 9.13. The molecule has 0 amide bonds. The minimum Gasteiger partial charge on any atom is -0.490 e. The van der Waals surface area contributed by atoms with Crippen molar-refractivity contribution in [3.8, 4) is 5.75 Å². The fraction of sp³-hybridized carbons (Fsp3) is 0.500. The van der Waals surface area contributed by atoms with Crippen molar-refractivity contribution in [3.05, 3.63) is 28.8 Å². The molecular weight excluding hydrogens is 176 g/mol. The van der Waals surface area contributed by atoms with Crippen LogP contribution in [0.2, 0.25) is 0 Å². The molecule has 0 radical (unpaired) electrons. The zero-order valence-corrected chi connectivity index (χ0v) is 9.29. The Labute approximate surface area is 85.5 Å². The molecule has 0 aliphatic heterocycles. The third-order valence-corrected chi connectivity index (χ3v) is 2.07. The van der Waals surface area contributed by atoms with Gasteiger partial charge in [0.1, 0.15) is 12.4 Å². The van der Waals surface area contributed by atoms with Gasteiger partial charge < -0.3 is 9.84 Å². The van der Waals surface area contributed by atoms with Crippen LogP contribution in [-0.2, 0) is 0 Å². The molecule has 14 heavy (non-hydrogen) atoms. The second kappa shape index (κ2) is 4.47. The van der Waals surface area contributed by atoms with E-state index in [0.29, 0.717) is 6.61 Å². The van der Waals surface area contributed by atoms with Crippen molar-refractivity contribution in [1.29, 1.82) is 0 Å². The summed E-state index contributed by atoms with van der Waals surface area (Å²) in [6, 6.07) is 4.18. The van der Waals surface area contributed by atoms with Crippen LogP contribution in [0, 0.1) is 20.8 Å². The number of aliphatic hydroxyl groups excluding tert-OH is 1. The summed E-state index contributed by atoms with van der Waals surface area (Å²) in [5.41, 5.74) is 3.50.